The van der Waals surface area contributed by atoms with Crippen molar-refractivity contribution < 1.29 is 17.5 Å². The van der Waals surface area contributed by atoms with Gasteiger partial charge in [-0.15, -0.1) is 0 Å². The lowest BCUT2D eigenvalue weighted by Crippen LogP contribution is -2.41. The van der Waals surface area contributed by atoms with Crippen LogP contribution in [0.15, 0.2) is 23.2 Å². The number of anilines is 1. The van der Waals surface area contributed by atoms with Crippen molar-refractivity contribution in [3.05, 3.63) is 29.6 Å². The fourth-order valence-electron chi connectivity index (χ4n) is 1.80. The summed E-state index contributed by atoms with van der Waals surface area (Å²) in [6, 6.07) is 4.21. The zero-order valence-corrected chi connectivity index (χ0v) is 15.0. The summed E-state index contributed by atoms with van der Waals surface area (Å²) < 4.78 is 45.0. The smallest absolute Gasteiger partial charge is 0.234 e. The van der Waals surface area contributed by atoms with E-state index in [9.17, 15) is 12.8 Å². The Morgan fingerprint density at radius 2 is 2.00 bits per heavy atom. The van der Waals surface area contributed by atoms with Crippen molar-refractivity contribution >= 4 is 21.7 Å². The van der Waals surface area contributed by atoms with Crippen molar-refractivity contribution in [3.8, 4) is 0 Å². The molecule has 0 heterocycles. The molecule has 0 bridgehead atoms. The van der Waals surface area contributed by atoms with Crippen molar-refractivity contribution in [2.45, 2.75) is 13.8 Å². The van der Waals surface area contributed by atoms with E-state index in [1.54, 1.807) is 14.0 Å². The highest BCUT2D eigenvalue weighted by atomic mass is 32.2. The number of aryl methyl sites for hydroxylation is 1. The van der Waals surface area contributed by atoms with Crippen LogP contribution in [0.5, 0.6) is 0 Å². The SMILES string of the molecule is CCOCCNC(=NC)NCCS(=O)(=O)Nc1ccc(C)c(F)c1. The van der Waals surface area contributed by atoms with E-state index in [-0.39, 0.29) is 18.0 Å². The van der Waals surface area contributed by atoms with Gasteiger partial charge in [0.15, 0.2) is 5.96 Å². The Balaban J connectivity index is 2.42. The second-order valence-corrected chi connectivity index (χ2v) is 6.85. The van der Waals surface area contributed by atoms with Crippen LogP contribution in [0, 0.1) is 12.7 Å². The molecule has 0 amide bonds. The first-order valence-corrected chi connectivity index (χ1v) is 9.32. The molecule has 136 valence electrons. The third kappa shape index (κ3) is 7.60. The molecular weight excluding hydrogens is 335 g/mol. The van der Waals surface area contributed by atoms with Crippen LogP contribution >= 0.6 is 0 Å². The van der Waals surface area contributed by atoms with Gasteiger partial charge in [0.25, 0.3) is 0 Å². The molecule has 7 nitrogen and oxygen atoms in total. The molecule has 0 fully saturated rings. The molecular formula is C15H25FN4O3S. The molecule has 0 saturated heterocycles. The first-order valence-electron chi connectivity index (χ1n) is 7.67. The Kier molecular flexibility index (Phi) is 8.48. The van der Waals surface area contributed by atoms with Crippen molar-refractivity contribution in [2.75, 3.05) is 43.8 Å². The summed E-state index contributed by atoms with van der Waals surface area (Å²) in [7, 11) is -1.99. The molecule has 0 aliphatic carbocycles. The molecule has 0 saturated carbocycles. The predicted octanol–water partition coefficient (Wildman–Crippen LogP) is 1.08. The van der Waals surface area contributed by atoms with E-state index in [4.69, 9.17) is 4.74 Å². The van der Waals surface area contributed by atoms with Gasteiger partial charge < -0.3 is 15.4 Å². The standard InChI is InChI=1S/C15H25FN4O3S/c1-4-23-9-7-18-15(17-3)19-8-10-24(21,22)20-13-6-5-12(2)14(16)11-13/h5-6,11,20H,4,7-10H2,1-3H3,(H2,17,18,19). The molecule has 0 radical (unpaired) electrons. The maximum atomic E-state index is 13.4. The lowest BCUT2D eigenvalue weighted by molar-refractivity contribution is 0.152. The molecule has 0 aromatic heterocycles. The van der Waals surface area contributed by atoms with Crippen LogP contribution in [0.3, 0.4) is 0 Å². The number of benzene rings is 1. The third-order valence-electron chi connectivity index (χ3n) is 3.07. The van der Waals surface area contributed by atoms with Crippen molar-refractivity contribution in [1.82, 2.24) is 10.6 Å². The van der Waals surface area contributed by atoms with E-state index in [2.05, 4.69) is 20.3 Å². The first kappa shape index (κ1) is 20.2. The second kappa shape index (κ2) is 10.1. The number of guanidine groups is 1. The highest BCUT2D eigenvalue weighted by molar-refractivity contribution is 7.92. The number of sulfonamides is 1. The van der Waals surface area contributed by atoms with Crippen LogP contribution in [-0.2, 0) is 14.8 Å². The summed E-state index contributed by atoms with van der Waals surface area (Å²) in [6.07, 6.45) is 0. The third-order valence-corrected chi connectivity index (χ3v) is 4.36. The van der Waals surface area contributed by atoms with Crippen molar-refractivity contribution in [3.63, 3.8) is 0 Å². The highest BCUT2D eigenvalue weighted by Crippen LogP contribution is 2.14. The minimum absolute atomic E-state index is 0.165. The van der Waals surface area contributed by atoms with Crippen LogP contribution in [0.4, 0.5) is 10.1 Å². The van der Waals surface area contributed by atoms with E-state index in [0.29, 0.717) is 31.3 Å². The predicted molar refractivity (Wildman–Crippen MR) is 94.4 cm³/mol. The highest BCUT2D eigenvalue weighted by Gasteiger charge is 2.11. The van der Waals surface area contributed by atoms with Crippen LogP contribution in [-0.4, -0.2) is 53.5 Å². The van der Waals surface area contributed by atoms with E-state index >= 15 is 0 Å². The minimum atomic E-state index is -3.58. The normalized spacial score (nSPS) is 12.1. The summed E-state index contributed by atoms with van der Waals surface area (Å²) >= 11 is 0. The number of rotatable bonds is 9. The number of ether oxygens (including phenoxy) is 1. The van der Waals surface area contributed by atoms with E-state index in [1.165, 1.54) is 12.1 Å². The molecule has 0 spiro atoms. The van der Waals surface area contributed by atoms with Gasteiger partial charge in [0.2, 0.25) is 10.0 Å². The molecule has 1 aromatic rings. The molecule has 24 heavy (non-hydrogen) atoms. The van der Waals surface area contributed by atoms with Gasteiger partial charge in [-0.05, 0) is 31.5 Å². The number of hydrogen-bond acceptors (Lipinski definition) is 4. The monoisotopic (exact) mass is 360 g/mol. The molecule has 0 aliphatic heterocycles. The maximum absolute atomic E-state index is 13.4. The second-order valence-electron chi connectivity index (χ2n) is 5.01. The number of hydrogen-bond donors (Lipinski definition) is 3. The lowest BCUT2D eigenvalue weighted by atomic mass is 10.2. The fraction of sp³-hybridized carbons (Fsp3) is 0.533. The van der Waals surface area contributed by atoms with Gasteiger partial charge in [0.1, 0.15) is 5.82 Å². The average Bonchev–Trinajstić information content (AvgIpc) is 2.53. The Labute approximate surface area is 142 Å². The van der Waals surface area contributed by atoms with Crippen LogP contribution in [0.2, 0.25) is 0 Å². The Hall–Kier alpha value is -1.87. The number of nitrogens with zero attached hydrogens (tertiary/aromatic N) is 1. The molecule has 3 N–H and O–H groups in total. The van der Waals surface area contributed by atoms with Gasteiger partial charge in [-0.25, -0.2) is 12.8 Å². The van der Waals surface area contributed by atoms with Crippen molar-refractivity contribution in [1.29, 1.82) is 0 Å². The summed E-state index contributed by atoms with van der Waals surface area (Å²) in [5, 5.41) is 5.90. The lowest BCUT2D eigenvalue weighted by Gasteiger charge is -2.13. The van der Waals surface area contributed by atoms with Gasteiger partial charge in [-0.2, -0.15) is 0 Å². The van der Waals surface area contributed by atoms with E-state index in [1.807, 2.05) is 6.92 Å². The van der Waals surface area contributed by atoms with Gasteiger partial charge in [-0.3, -0.25) is 9.71 Å². The molecule has 9 heteroatoms. The minimum Gasteiger partial charge on any atom is -0.380 e. The van der Waals surface area contributed by atoms with Gasteiger partial charge in [-0.1, -0.05) is 6.07 Å². The summed E-state index contributed by atoms with van der Waals surface area (Å²) in [6.45, 7) is 5.43. The molecule has 0 atom stereocenters. The quantitative estimate of drug-likeness (QED) is 0.348. The van der Waals surface area contributed by atoms with E-state index in [0.717, 1.165) is 6.07 Å². The number of aliphatic imine (C=N–C) groups is 1. The average molecular weight is 360 g/mol. The van der Waals surface area contributed by atoms with E-state index < -0.39 is 15.8 Å². The van der Waals surface area contributed by atoms with Crippen LogP contribution < -0.4 is 15.4 Å². The Bertz CT molecular complexity index is 650. The fourth-order valence-corrected chi connectivity index (χ4v) is 2.76. The van der Waals surface area contributed by atoms with Crippen LogP contribution in [0.1, 0.15) is 12.5 Å². The molecule has 1 rings (SSSR count). The molecule has 0 unspecified atom stereocenters. The van der Waals surface area contributed by atoms with Gasteiger partial charge in [0.05, 0.1) is 18.0 Å². The Morgan fingerprint density at radius 3 is 2.62 bits per heavy atom. The van der Waals surface area contributed by atoms with Crippen LogP contribution in [0.25, 0.3) is 0 Å². The molecule has 0 aliphatic rings. The van der Waals surface area contributed by atoms with Gasteiger partial charge in [0, 0.05) is 26.7 Å². The number of halogens is 1. The Morgan fingerprint density at radius 1 is 1.29 bits per heavy atom. The zero-order chi connectivity index (χ0) is 18.0. The molecule has 1 aromatic carbocycles. The maximum Gasteiger partial charge on any atom is 0.234 e. The summed E-state index contributed by atoms with van der Waals surface area (Å²) in [4.78, 5) is 3.98. The number of nitrogens with one attached hydrogen (secondary N) is 3. The van der Waals surface area contributed by atoms with Crippen molar-refractivity contribution in [2.24, 2.45) is 4.99 Å². The summed E-state index contributed by atoms with van der Waals surface area (Å²) in [5.41, 5.74) is 0.666. The van der Waals surface area contributed by atoms with Gasteiger partial charge >= 0.3 is 0 Å². The topological polar surface area (TPSA) is 91.8 Å². The first-order chi connectivity index (χ1) is 11.4. The zero-order valence-electron chi connectivity index (χ0n) is 14.2. The largest absolute Gasteiger partial charge is 0.380 e. The summed E-state index contributed by atoms with van der Waals surface area (Å²) in [5.74, 6) is -0.132.